The molecular weight excluding hydrogens is 256 g/mol. The van der Waals surface area contributed by atoms with Crippen LogP contribution in [0.5, 0.6) is 0 Å². The van der Waals surface area contributed by atoms with Crippen LogP contribution in [-0.4, -0.2) is 24.6 Å². The van der Waals surface area contributed by atoms with Gasteiger partial charge in [0, 0.05) is 12.8 Å². The average molecular weight is 286 g/mol. The van der Waals surface area contributed by atoms with Crippen molar-refractivity contribution in [2.24, 2.45) is 17.8 Å². The molecule has 0 fully saturated rings. The van der Waals surface area contributed by atoms with Crippen molar-refractivity contribution in [1.82, 2.24) is 0 Å². The molecule has 0 aliphatic carbocycles. The Balaban J connectivity index is 3.90. The van der Waals surface area contributed by atoms with Crippen molar-refractivity contribution >= 4 is 11.9 Å². The lowest BCUT2D eigenvalue weighted by Crippen LogP contribution is -2.28. The lowest BCUT2D eigenvalue weighted by Gasteiger charge is -2.24. The number of hydrogen-bond acceptors (Lipinski definition) is 4. The molecule has 0 bridgehead atoms. The molecule has 0 aliphatic heterocycles. The summed E-state index contributed by atoms with van der Waals surface area (Å²) < 4.78 is 10.5. The summed E-state index contributed by atoms with van der Waals surface area (Å²) in [7, 11) is 0. The molecule has 0 amide bonds. The summed E-state index contributed by atoms with van der Waals surface area (Å²) in [6.45, 7) is 12.6. The summed E-state index contributed by atoms with van der Waals surface area (Å²) in [6.07, 6.45) is 0.969. The predicted molar refractivity (Wildman–Crippen MR) is 79.2 cm³/mol. The van der Waals surface area contributed by atoms with E-state index >= 15 is 0 Å². The van der Waals surface area contributed by atoms with Gasteiger partial charge < -0.3 is 9.47 Å². The highest BCUT2D eigenvalue weighted by molar-refractivity contribution is 5.72. The highest BCUT2D eigenvalue weighted by atomic mass is 16.5. The van der Waals surface area contributed by atoms with Gasteiger partial charge in [-0.2, -0.15) is 0 Å². The number of carbonyl (C=O) groups excluding carboxylic acids is 2. The van der Waals surface area contributed by atoms with Crippen LogP contribution in [0.4, 0.5) is 0 Å². The molecule has 0 unspecified atom stereocenters. The molecule has 0 N–H and O–H groups in total. The summed E-state index contributed by atoms with van der Waals surface area (Å²) in [4.78, 5) is 23.1. The van der Waals surface area contributed by atoms with E-state index in [2.05, 4.69) is 0 Å². The summed E-state index contributed by atoms with van der Waals surface area (Å²) in [5.41, 5.74) is 0. The van der Waals surface area contributed by atoms with Gasteiger partial charge >= 0.3 is 11.9 Å². The fourth-order valence-corrected chi connectivity index (χ4v) is 1.96. The minimum atomic E-state index is -0.240. The van der Waals surface area contributed by atoms with Gasteiger partial charge in [-0.3, -0.25) is 9.59 Å². The van der Waals surface area contributed by atoms with E-state index in [0.717, 1.165) is 0 Å². The van der Waals surface area contributed by atoms with Crippen molar-refractivity contribution in [1.29, 1.82) is 0 Å². The van der Waals surface area contributed by atoms with Crippen LogP contribution in [0.25, 0.3) is 0 Å². The monoisotopic (exact) mass is 286 g/mol. The second-order valence-electron chi connectivity index (χ2n) is 6.37. The average Bonchev–Trinajstić information content (AvgIpc) is 2.32. The van der Waals surface area contributed by atoms with Crippen LogP contribution in [-0.2, 0) is 19.1 Å². The summed E-state index contributed by atoms with van der Waals surface area (Å²) >= 11 is 0. The molecule has 20 heavy (non-hydrogen) atoms. The van der Waals surface area contributed by atoms with E-state index in [1.165, 1.54) is 0 Å². The Kier molecular flexibility index (Phi) is 9.26. The van der Waals surface area contributed by atoms with Gasteiger partial charge in [-0.25, -0.2) is 0 Å². The molecule has 0 rings (SSSR count). The molecule has 4 nitrogen and oxygen atoms in total. The number of ether oxygens (including phenoxy) is 2. The topological polar surface area (TPSA) is 52.6 Å². The maximum Gasteiger partial charge on any atom is 0.306 e. The Morgan fingerprint density at radius 3 is 1.80 bits per heavy atom. The minimum absolute atomic E-state index is 0.0598. The molecule has 4 heteroatoms. The number of carbonyl (C=O) groups is 2. The van der Waals surface area contributed by atoms with E-state index in [1.54, 1.807) is 0 Å². The highest BCUT2D eigenvalue weighted by Crippen LogP contribution is 2.17. The zero-order chi connectivity index (χ0) is 15.7. The fraction of sp³-hybridized carbons (Fsp3) is 0.875. The van der Waals surface area contributed by atoms with E-state index < -0.39 is 0 Å². The van der Waals surface area contributed by atoms with Crippen molar-refractivity contribution in [3.8, 4) is 0 Å². The van der Waals surface area contributed by atoms with E-state index in [9.17, 15) is 9.59 Å². The van der Waals surface area contributed by atoms with Crippen LogP contribution in [0.3, 0.4) is 0 Å². The molecule has 0 heterocycles. The van der Waals surface area contributed by atoms with Crippen LogP contribution in [0, 0.1) is 17.8 Å². The Labute approximate surface area is 123 Å². The van der Waals surface area contributed by atoms with Gasteiger partial charge in [0.05, 0.1) is 6.61 Å². The van der Waals surface area contributed by atoms with Gasteiger partial charge in [0.2, 0.25) is 0 Å². The van der Waals surface area contributed by atoms with E-state index in [4.69, 9.17) is 9.47 Å². The van der Waals surface area contributed by atoms with Crippen molar-refractivity contribution < 1.29 is 19.1 Å². The smallest absolute Gasteiger partial charge is 0.306 e. The number of rotatable bonds is 9. The maximum absolute atomic E-state index is 11.7. The molecule has 0 saturated carbocycles. The van der Waals surface area contributed by atoms with Crippen LogP contribution in [0.2, 0.25) is 0 Å². The van der Waals surface area contributed by atoms with Gasteiger partial charge in [0.25, 0.3) is 0 Å². The first-order chi connectivity index (χ1) is 9.23. The Hall–Kier alpha value is -1.06. The van der Waals surface area contributed by atoms with Gasteiger partial charge in [-0.05, 0) is 24.2 Å². The number of esters is 2. The van der Waals surface area contributed by atoms with E-state index in [-0.39, 0.29) is 30.9 Å². The fourth-order valence-electron chi connectivity index (χ4n) is 1.96. The first kappa shape index (κ1) is 18.9. The van der Waals surface area contributed by atoms with Crippen LogP contribution in [0.15, 0.2) is 0 Å². The van der Waals surface area contributed by atoms with Gasteiger partial charge in [0.1, 0.15) is 6.10 Å². The third kappa shape index (κ3) is 8.94. The predicted octanol–water partition coefficient (Wildman–Crippen LogP) is 3.58. The van der Waals surface area contributed by atoms with E-state index in [1.807, 2.05) is 41.5 Å². The van der Waals surface area contributed by atoms with Crippen molar-refractivity contribution in [2.45, 2.75) is 66.9 Å². The molecule has 0 aliphatic rings. The largest absolute Gasteiger partial charge is 0.465 e. The zero-order valence-corrected chi connectivity index (χ0v) is 13.8. The molecule has 0 radical (unpaired) electrons. The molecule has 0 spiro atoms. The standard InChI is InChI=1S/C16H30O4/c1-11(2)10-19-14(17)8-7-9-15(18)20-16(12(3)4)13(5)6/h11-13,16H,7-10H2,1-6H3. The summed E-state index contributed by atoms with van der Waals surface area (Å²) in [5, 5.41) is 0. The van der Waals surface area contributed by atoms with Crippen LogP contribution >= 0.6 is 0 Å². The lowest BCUT2D eigenvalue weighted by atomic mass is 9.96. The van der Waals surface area contributed by atoms with Crippen molar-refractivity contribution in [2.75, 3.05) is 6.61 Å². The third-order valence-electron chi connectivity index (χ3n) is 2.92. The van der Waals surface area contributed by atoms with E-state index in [0.29, 0.717) is 30.8 Å². The molecule has 0 atom stereocenters. The normalized spacial score (nSPS) is 11.5. The first-order valence-electron chi connectivity index (χ1n) is 7.59. The van der Waals surface area contributed by atoms with Crippen LogP contribution < -0.4 is 0 Å². The lowest BCUT2D eigenvalue weighted by molar-refractivity contribution is -0.154. The molecule has 118 valence electrons. The summed E-state index contributed by atoms with van der Waals surface area (Å²) in [6, 6.07) is 0. The minimum Gasteiger partial charge on any atom is -0.465 e. The Bertz CT molecular complexity index is 287. The molecule has 0 aromatic carbocycles. The molecule has 0 saturated heterocycles. The van der Waals surface area contributed by atoms with Crippen molar-refractivity contribution in [3.63, 3.8) is 0 Å². The summed E-state index contributed by atoms with van der Waals surface area (Å²) in [5.74, 6) is 0.469. The van der Waals surface area contributed by atoms with Gasteiger partial charge in [-0.15, -0.1) is 0 Å². The molecular formula is C16H30O4. The Morgan fingerprint density at radius 2 is 1.35 bits per heavy atom. The van der Waals surface area contributed by atoms with Gasteiger partial charge in [-0.1, -0.05) is 41.5 Å². The maximum atomic E-state index is 11.7. The van der Waals surface area contributed by atoms with Crippen molar-refractivity contribution in [3.05, 3.63) is 0 Å². The zero-order valence-electron chi connectivity index (χ0n) is 13.8. The Morgan fingerprint density at radius 1 is 0.850 bits per heavy atom. The van der Waals surface area contributed by atoms with Gasteiger partial charge in [0.15, 0.2) is 0 Å². The second-order valence-corrected chi connectivity index (χ2v) is 6.37. The first-order valence-corrected chi connectivity index (χ1v) is 7.59. The third-order valence-corrected chi connectivity index (χ3v) is 2.92. The highest BCUT2D eigenvalue weighted by Gasteiger charge is 2.21. The molecule has 0 aromatic rings. The molecule has 0 aromatic heterocycles. The SMILES string of the molecule is CC(C)COC(=O)CCCC(=O)OC(C(C)C)C(C)C. The van der Waals surface area contributed by atoms with Crippen LogP contribution in [0.1, 0.15) is 60.8 Å². The quantitative estimate of drug-likeness (QED) is 0.608. The second kappa shape index (κ2) is 9.78. The number of hydrogen-bond donors (Lipinski definition) is 0.